The smallest absolute Gasteiger partial charge is 0.391 e. The highest BCUT2D eigenvalue weighted by molar-refractivity contribution is 5.96. The number of benzene rings is 1. The number of aromatic nitrogens is 3. The first-order valence-corrected chi connectivity index (χ1v) is 8.69. The summed E-state index contributed by atoms with van der Waals surface area (Å²) in [5.41, 5.74) is -0.455. The summed E-state index contributed by atoms with van der Waals surface area (Å²) < 4.78 is 52.5. The monoisotopic (exact) mass is 406 g/mol. The van der Waals surface area contributed by atoms with Gasteiger partial charge in [-0.1, -0.05) is 6.07 Å². The van der Waals surface area contributed by atoms with Crippen molar-refractivity contribution in [2.24, 2.45) is 0 Å². The summed E-state index contributed by atoms with van der Waals surface area (Å²) in [6.45, 7) is 0.568. The van der Waals surface area contributed by atoms with Crippen molar-refractivity contribution in [3.8, 4) is 11.1 Å². The molecule has 150 valence electrons. The molecule has 0 aliphatic carbocycles. The fourth-order valence-electron chi connectivity index (χ4n) is 3.25. The second-order valence-electron chi connectivity index (χ2n) is 6.70. The quantitative estimate of drug-likeness (QED) is 0.662. The number of aliphatic hydroxyl groups is 1. The number of rotatable bonds is 2. The van der Waals surface area contributed by atoms with Crippen molar-refractivity contribution in [2.45, 2.75) is 18.7 Å². The Morgan fingerprint density at radius 3 is 2.66 bits per heavy atom. The molecule has 1 aromatic carbocycles. The van der Waals surface area contributed by atoms with Gasteiger partial charge >= 0.3 is 6.18 Å². The zero-order valence-corrected chi connectivity index (χ0v) is 14.8. The van der Waals surface area contributed by atoms with E-state index in [1.807, 2.05) is 0 Å². The molecule has 10 heteroatoms. The van der Waals surface area contributed by atoms with Gasteiger partial charge in [-0.05, 0) is 24.1 Å². The average Bonchev–Trinajstić information content (AvgIpc) is 3.11. The molecule has 1 unspecified atom stereocenters. The average molecular weight is 406 g/mol. The minimum Gasteiger partial charge on any atom is -0.391 e. The van der Waals surface area contributed by atoms with Crippen molar-refractivity contribution in [1.82, 2.24) is 19.9 Å². The number of amides is 1. The van der Waals surface area contributed by atoms with E-state index in [1.165, 1.54) is 23.5 Å². The minimum atomic E-state index is -4.81. The first-order valence-electron chi connectivity index (χ1n) is 8.69. The second kappa shape index (κ2) is 7.03. The molecule has 0 bridgehead atoms. The van der Waals surface area contributed by atoms with Crippen LogP contribution in [0.1, 0.15) is 22.5 Å². The lowest BCUT2D eigenvalue weighted by Crippen LogP contribution is -2.30. The third kappa shape index (κ3) is 3.63. The Morgan fingerprint density at radius 2 is 2.00 bits per heavy atom. The number of fused-ring (bicyclic) bond motifs is 1. The zero-order valence-electron chi connectivity index (χ0n) is 14.8. The van der Waals surface area contributed by atoms with E-state index in [-0.39, 0.29) is 28.9 Å². The highest BCUT2D eigenvalue weighted by Gasteiger charge is 2.34. The molecule has 6 nitrogen and oxygen atoms in total. The summed E-state index contributed by atoms with van der Waals surface area (Å²) in [5.74, 6) is -1.84. The number of hydrogen-bond acceptors (Lipinski definition) is 5. The summed E-state index contributed by atoms with van der Waals surface area (Å²) in [6.07, 6.45) is -0.949. The largest absolute Gasteiger partial charge is 0.419 e. The molecule has 0 spiro atoms. The Kier molecular flexibility index (Phi) is 4.65. The number of carbonyl (C=O) groups is 1. The second-order valence-corrected chi connectivity index (χ2v) is 6.70. The number of pyridine rings is 1. The van der Waals surface area contributed by atoms with Crippen LogP contribution in [0.3, 0.4) is 0 Å². The van der Waals surface area contributed by atoms with Crippen molar-refractivity contribution >= 4 is 16.9 Å². The lowest BCUT2D eigenvalue weighted by atomic mass is 10.0. The number of likely N-dealkylation sites (tertiary alicyclic amines) is 1. The van der Waals surface area contributed by atoms with Gasteiger partial charge in [-0.15, -0.1) is 0 Å². The van der Waals surface area contributed by atoms with E-state index in [0.29, 0.717) is 24.5 Å². The van der Waals surface area contributed by atoms with Gasteiger partial charge in [-0.2, -0.15) is 13.2 Å². The van der Waals surface area contributed by atoms with E-state index in [1.54, 1.807) is 0 Å². The maximum atomic E-state index is 14.0. The lowest BCUT2D eigenvalue weighted by Gasteiger charge is -2.15. The molecule has 29 heavy (non-hydrogen) atoms. The molecule has 1 saturated heterocycles. The molecule has 0 radical (unpaired) electrons. The Hall–Kier alpha value is -3.14. The number of alkyl halides is 3. The molecule has 2 aromatic heterocycles. The van der Waals surface area contributed by atoms with Crippen LogP contribution in [0.15, 0.2) is 36.8 Å². The van der Waals surface area contributed by atoms with Gasteiger partial charge in [0.25, 0.3) is 5.91 Å². The maximum Gasteiger partial charge on any atom is 0.419 e. The van der Waals surface area contributed by atoms with Crippen molar-refractivity contribution in [1.29, 1.82) is 0 Å². The number of halogens is 4. The molecule has 3 heterocycles. The van der Waals surface area contributed by atoms with Gasteiger partial charge in [0.1, 0.15) is 22.5 Å². The van der Waals surface area contributed by atoms with E-state index in [2.05, 4.69) is 15.0 Å². The Labute approximate surface area is 161 Å². The Balaban J connectivity index is 1.77. The Morgan fingerprint density at radius 1 is 1.21 bits per heavy atom. The summed E-state index contributed by atoms with van der Waals surface area (Å²) in [5, 5.41) is 9.61. The molecular weight excluding hydrogens is 392 g/mol. The van der Waals surface area contributed by atoms with Crippen LogP contribution in [0, 0.1) is 5.82 Å². The van der Waals surface area contributed by atoms with Gasteiger partial charge in [0.05, 0.1) is 24.1 Å². The van der Waals surface area contributed by atoms with Crippen LogP contribution in [-0.2, 0) is 6.18 Å². The highest BCUT2D eigenvalue weighted by atomic mass is 19.4. The van der Waals surface area contributed by atoms with Crippen molar-refractivity contribution < 1.29 is 27.5 Å². The van der Waals surface area contributed by atoms with E-state index >= 15 is 0 Å². The maximum absolute atomic E-state index is 14.0. The molecule has 0 saturated carbocycles. The van der Waals surface area contributed by atoms with Crippen LogP contribution in [0.25, 0.3) is 22.2 Å². The van der Waals surface area contributed by atoms with E-state index in [0.717, 1.165) is 12.1 Å². The summed E-state index contributed by atoms with van der Waals surface area (Å²) in [6, 6.07) is 2.53. The fraction of sp³-hybridized carbons (Fsp3) is 0.263. The molecule has 1 N–H and O–H groups in total. The molecule has 3 aromatic rings. The van der Waals surface area contributed by atoms with Gasteiger partial charge in [0, 0.05) is 24.8 Å². The van der Waals surface area contributed by atoms with Gasteiger partial charge in [-0.3, -0.25) is 14.8 Å². The number of carbonyl (C=O) groups excluding carboxylic acids is 1. The lowest BCUT2D eigenvalue weighted by molar-refractivity contribution is -0.139. The summed E-state index contributed by atoms with van der Waals surface area (Å²) in [4.78, 5) is 26.5. The van der Waals surface area contributed by atoms with Crippen LogP contribution in [0.4, 0.5) is 17.6 Å². The number of hydrogen-bond donors (Lipinski definition) is 1. The third-order valence-electron chi connectivity index (χ3n) is 4.71. The normalized spacial score (nSPS) is 17.1. The molecular formula is C19H14F4N4O2. The predicted molar refractivity (Wildman–Crippen MR) is 94.3 cm³/mol. The SMILES string of the molecule is O=C(c1cnc2cncc(-c3ccc(C(F)(F)F)c(F)c3)c2n1)N1CCC(O)C1. The Bertz CT molecular complexity index is 1100. The van der Waals surface area contributed by atoms with E-state index in [4.69, 9.17) is 0 Å². The molecule has 1 atom stereocenters. The molecule has 1 fully saturated rings. The van der Waals surface area contributed by atoms with Crippen LogP contribution in [-0.4, -0.2) is 50.1 Å². The van der Waals surface area contributed by atoms with Crippen molar-refractivity contribution in [2.75, 3.05) is 13.1 Å². The molecule has 1 aliphatic rings. The molecule has 1 amide bonds. The van der Waals surface area contributed by atoms with Gasteiger partial charge in [0.2, 0.25) is 0 Å². The van der Waals surface area contributed by atoms with Gasteiger partial charge < -0.3 is 10.0 Å². The standard InChI is InChI=1S/C19H14F4N4O2/c20-14-5-10(1-2-13(14)19(21,22)23)12-6-24-7-15-17(12)26-16(8-25-15)18(29)27-4-3-11(28)9-27/h1-2,5-8,11,28H,3-4,9H2. The minimum absolute atomic E-state index is 0.0198. The van der Waals surface area contributed by atoms with Gasteiger partial charge in [0.15, 0.2) is 0 Å². The van der Waals surface area contributed by atoms with Crippen LogP contribution >= 0.6 is 0 Å². The number of nitrogens with zero attached hydrogens (tertiary/aromatic N) is 4. The van der Waals surface area contributed by atoms with Gasteiger partial charge in [-0.25, -0.2) is 9.37 Å². The first-order chi connectivity index (χ1) is 13.7. The first kappa shape index (κ1) is 19.2. The predicted octanol–water partition coefficient (Wildman–Crippen LogP) is 3.06. The third-order valence-corrected chi connectivity index (χ3v) is 4.71. The van der Waals surface area contributed by atoms with Crippen molar-refractivity contribution in [3.05, 3.63) is 53.9 Å². The summed E-state index contributed by atoms with van der Waals surface area (Å²) >= 11 is 0. The zero-order chi connectivity index (χ0) is 20.8. The fourth-order valence-corrected chi connectivity index (χ4v) is 3.25. The molecule has 4 rings (SSSR count). The summed E-state index contributed by atoms with van der Waals surface area (Å²) in [7, 11) is 0. The number of β-amino-alcohol motifs (C(OH)–C–C–N with tert-alkyl or cyclic N) is 1. The highest BCUT2D eigenvalue weighted by Crippen LogP contribution is 2.34. The van der Waals surface area contributed by atoms with Crippen LogP contribution < -0.4 is 0 Å². The number of aliphatic hydroxyl groups excluding tert-OH is 1. The van der Waals surface area contributed by atoms with Crippen LogP contribution in [0.2, 0.25) is 0 Å². The van der Waals surface area contributed by atoms with E-state index < -0.39 is 29.6 Å². The molecule has 1 aliphatic heterocycles. The van der Waals surface area contributed by atoms with Crippen molar-refractivity contribution in [3.63, 3.8) is 0 Å². The van der Waals surface area contributed by atoms with Crippen LogP contribution in [0.5, 0.6) is 0 Å². The van der Waals surface area contributed by atoms with E-state index in [9.17, 15) is 27.5 Å². The topological polar surface area (TPSA) is 79.2 Å².